The zero-order chi connectivity index (χ0) is 13.2. The molecule has 1 heterocycles. The molecule has 1 aliphatic carbocycles. The summed E-state index contributed by atoms with van der Waals surface area (Å²) in [7, 11) is 0. The summed E-state index contributed by atoms with van der Waals surface area (Å²) in [5, 5.41) is 3.16. The molecule has 1 aromatic carbocycles. The first kappa shape index (κ1) is 12.1. The second kappa shape index (κ2) is 4.97. The summed E-state index contributed by atoms with van der Waals surface area (Å²) >= 11 is 5.63. The van der Waals surface area contributed by atoms with Gasteiger partial charge in [0, 0.05) is 12.5 Å². The maximum atomic E-state index is 11.9. The van der Waals surface area contributed by atoms with Gasteiger partial charge in [-0.25, -0.2) is 9.97 Å². The summed E-state index contributed by atoms with van der Waals surface area (Å²) in [4.78, 5) is 19.6. The molecule has 4 nitrogen and oxygen atoms in total. The van der Waals surface area contributed by atoms with Gasteiger partial charge in [-0.15, -0.1) is 0 Å². The third kappa shape index (κ3) is 2.44. The number of carbonyl (C=O) groups excluding carboxylic acids is 1. The van der Waals surface area contributed by atoms with Crippen molar-refractivity contribution in [3.8, 4) is 0 Å². The maximum absolute atomic E-state index is 11.9. The van der Waals surface area contributed by atoms with Crippen molar-refractivity contribution in [3.05, 3.63) is 58.6 Å². The van der Waals surface area contributed by atoms with Gasteiger partial charge in [0.15, 0.2) is 0 Å². The van der Waals surface area contributed by atoms with Crippen molar-refractivity contribution in [1.82, 2.24) is 15.3 Å². The highest BCUT2D eigenvalue weighted by atomic mass is 35.5. The number of benzene rings is 1. The minimum absolute atomic E-state index is 0.214. The van der Waals surface area contributed by atoms with Crippen molar-refractivity contribution in [1.29, 1.82) is 0 Å². The van der Waals surface area contributed by atoms with E-state index in [1.54, 1.807) is 0 Å². The quantitative estimate of drug-likeness (QED) is 0.933. The fraction of sp³-hybridized carbons (Fsp3) is 0.214. The highest BCUT2D eigenvalue weighted by Gasteiger charge is 2.25. The molecule has 96 valence electrons. The Kier molecular flexibility index (Phi) is 3.17. The molecule has 1 aliphatic rings. The van der Waals surface area contributed by atoms with Crippen LogP contribution in [-0.2, 0) is 6.42 Å². The predicted molar refractivity (Wildman–Crippen MR) is 72.3 cm³/mol. The lowest BCUT2D eigenvalue weighted by atomic mass is 9.77. The first-order valence-corrected chi connectivity index (χ1v) is 6.45. The highest BCUT2D eigenvalue weighted by molar-refractivity contribution is 6.29. The van der Waals surface area contributed by atoms with Crippen LogP contribution >= 0.6 is 11.6 Å². The van der Waals surface area contributed by atoms with Gasteiger partial charge >= 0.3 is 0 Å². The smallest absolute Gasteiger partial charge is 0.271 e. The van der Waals surface area contributed by atoms with Crippen LogP contribution in [0, 0.1) is 0 Å². The van der Waals surface area contributed by atoms with E-state index >= 15 is 0 Å². The van der Waals surface area contributed by atoms with Crippen LogP contribution in [0.25, 0.3) is 0 Å². The summed E-state index contributed by atoms with van der Waals surface area (Å²) < 4.78 is 0. The normalized spacial score (nSPS) is 16.4. The van der Waals surface area contributed by atoms with Crippen molar-refractivity contribution < 1.29 is 4.79 Å². The molecule has 0 aliphatic heterocycles. The molecule has 1 amide bonds. The first-order chi connectivity index (χ1) is 9.24. The van der Waals surface area contributed by atoms with E-state index in [2.05, 4.69) is 27.4 Å². The largest absolute Gasteiger partial charge is 0.350 e. The topological polar surface area (TPSA) is 54.9 Å². The molecule has 0 saturated carbocycles. The van der Waals surface area contributed by atoms with E-state index in [0.29, 0.717) is 12.5 Å². The second-order valence-electron chi connectivity index (χ2n) is 4.53. The summed E-state index contributed by atoms with van der Waals surface area (Å²) in [5.41, 5.74) is 2.98. The Balaban J connectivity index is 1.59. The molecule has 1 atom stereocenters. The third-order valence-corrected chi connectivity index (χ3v) is 3.52. The Hall–Kier alpha value is -1.94. The minimum Gasteiger partial charge on any atom is -0.350 e. The van der Waals surface area contributed by atoms with Crippen molar-refractivity contribution in [2.75, 3.05) is 6.54 Å². The van der Waals surface area contributed by atoms with Crippen LogP contribution in [-0.4, -0.2) is 22.4 Å². The van der Waals surface area contributed by atoms with Crippen LogP contribution in [0.15, 0.2) is 36.7 Å². The fourth-order valence-electron chi connectivity index (χ4n) is 2.28. The zero-order valence-electron chi connectivity index (χ0n) is 10.1. The number of halogens is 1. The van der Waals surface area contributed by atoms with Crippen LogP contribution < -0.4 is 5.32 Å². The highest BCUT2D eigenvalue weighted by Crippen LogP contribution is 2.33. The van der Waals surface area contributed by atoms with Crippen molar-refractivity contribution in [2.24, 2.45) is 0 Å². The van der Waals surface area contributed by atoms with Gasteiger partial charge in [0.2, 0.25) is 0 Å². The molecular formula is C14H12ClN3O. The number of amides is 1. The SMILES string of the molecule is O=C(NCC1Cc2ccccc21)c1cnc(Cl)cn1. The molecule has 0 radical (unpaired) electrons. The van der Waals surface area contributed by atoms with Crippen molar-refractivity contribution in [3.63, 3.8) is 0 Å². The van der Waals surface area contributed by atoms with Gasteiger partial charge in [0.25, 0.3) is 5.91 Å². The third-order valence-electron chi connectivity index (χ3n) is 3.32. The number of aromatic nitrogens is 2. The van der Waals surface area contributed by atoms with E-state index in [-0.39, 0.29) is 16.8 Å². The average Bonchev–Trinajstić information content (AvgIpc) is 2.40. The van der Waals surface area contributed by atoms with Gasteiger partial charge in [-0.2, -0.15) is 0 Å². The lowest BCUT2D eigenvalue weighted by Gasteiger charge is -2.30. The van der Waals surface area contributed by atoms with Gasteiger partial charge in [0.1, 0.15) is 10.8 Å². The molecule has 1 aromatic heterocycles. The van der Waals surface area contributed by atoms with E-state index < -0.39 is 0 Å². The molecule has 0 bridgehead atoms. The van der Waals surface area contributed by atoms with Gasteiger partial charge in [-0.3, -0.25) is 4.79 Å². The summed E-state index contributed by atoms with van der Waals surface area (Å²) in [6.07, 6.45) is 3.77. The van der Waals surface area contributed by atoms with Crippen LogP contribution in [0.2, 0.25) is 5.15 Å². The molecule has 2 aromatic rings. The monoisotopic (exact) mass is 273 g/mol. The summed E-state index contributed by atoms with van der Waals surface area (Å²) in [5.74, 6) is 0.189. The molecule has 1 unspecified atom stereocenters. The van der Waals surface area contributed by atoms with E-state index in [9.17, 15) is 4.79 Å². The summed E-state index contributed by atoms with van der Waals surface area (Å²) in [6, 6.07) is 8.30. The number of rotatable bonds is 3. The Morgan fingerprint density at radius 2 is 2.16 bits per heavy atom. The lowest BCUT2D eigenvalue weighted by molar-refractivity contribution is 0.0944. The number of nitrogens with zero attached hydrogens (tertiary/aromatic N) is 2. The van der Waals surface area contributed by atoms with E-state index in [1.165, 1.54) is 23.5 Å². The van der Waals surface area contributed by atoms with Crippen molar-refractivity contribution in [2.45, 2.75) is 12.3 Å². The van der Waals surface area contributed by atoms with Crippen molar-refractivity contribution >= 4 is 17.5 Å². The van der Waals surface area contributed by atoms with E-state index in [0.717, 1.165) is 6.42 Å². The van der Waals surface area contributed by atoms with Crippen LogP contribution in [0.1, 0.15) is 27.5 Å². The van der Waals surface area contributed by atoms with Crippen LogP contribution in [0.4, 0.5) is 0 Å². The fourth-order valence-corrected chi connectivity index (χ4v) is 2.38. The molecule has 3 rings (SSSR count). The van der Waals surface area contributed by atoms with E-state index in [1.807, 2.05) is 12.1 Å². The number of nitrogens with one attached hydrogen (secondary N) is 1. The summed E-state index contributed by atoms with van der Waals surface area (Å²) in [6.45, 7) is 0.625. The average molecular weight is 274 g/mol. The molecule has 0 fully saturated rings. The Morgan fingerprint density at radius 1 is 1.32 bits per heavy atom. The van der Waals surface area contributed by atoms with Crippen LogP contribution in [0.5, 0.6) is 0 Å². The molecule has 5 heteroatoms. The van der Waals surface area contributed by atoms with Gasteiger partial charge in [-0.1, -0.05) is 35.9 Å². The number of hydrogen-bond acceptors (Lipinski definition) is 3. The molecule has 0 spiro atoms. The Morgan fingerprint density at radius 3 is 2.89 bits per heavy atom. The van der Waals surface area contributed by atoms with Crippen LogP contribution in [0.3, 0.4) is 0 Å². The standard InChI is InChI=1S/C14H12ClN3O/c15-13-8-16-12(7-17-13)14(19)18-6-10-5-9-3-1-2-4-11(9)10/h1-4,7-8,10H,5-6H2,(H,18,19). The predicted octanol–water partition coefficient (Wildman–Crippen LogP) is 2.20. The van der Waals surface area contributed by atoms with Gasteiger partial charge in [-0.05, 0) is 17.5 Å². The second-order valence-corrected chi connectivity index (χ2v) is 4.92. The van der Waals surface area contributed by atoms with Gasteiger partial charge < -0.3 is 5.32 Å². The number of hydrogen-bond donors (Lipinski definition) is 1. The Labute approximate surface area is 115 Å². The molecule has 19 heavy (non-hydrogen) atoms. The zero-order valence-corrected chi connectivity index (χ0v) is 10.9. The molecule has 0 saturated heterocycles. The van der Waals surface area contributed by atoms with E-state index in [4.69, 9.17) is 11.6 Å². The lowest BCUT2D eigenvalue weighted by Crippen LogP contribution is -2.33. The number of carbonyl (C=O) groups is 1. The van der Waals surface area contributed by atoms with Gasteiger partial charge in [0.05, 0.1) is 12.4 Å². The first-order valence-electron chi connectivity index (χ1n) is 6.07. The number of fused-ring (bicyclic) bond motifs is 1. The molecule has 1 N–H and O–H groups in total. The Bertz CT molecular complexity index is 612. The molecular weight excluding hydrogens is 262 g/mol. The maximum Gasteiger partial charge on any atom is 0.271 e. The minimum atomic E-state index is -0.214.